The molecule has 2 nitrogen and oxygen atoms in total. The standard InChI is InChI=1S/C13H20N2/c1-10-5-3-4-6-12(10)13-11(9-14)7-8-15(13)2/h3-6,11,13H,7-9,14H2,1-2H3. The van der Waals surface area contributed by atoms with Gasteiger partial charge in [0.2, 0.25) is 0 Å². The predicted molar refractivity (Wildman–Crippen MR) is 63.7 cm³/mol. The van der Waals surface area contributed by atoms with Crippen LogP contribution in [-0.2, 0) is 0 Å². The lowest BCUT2D eigenvalue weighted by Crippen LogP contribution is -2.25. The van der Waals surface area contributed by atoms with Crippen molar-refractivity contribution in [1.82, 2.24) is 4.90 Å². The molecule has 0 radical (unpaired) electrons. The van der Waals surface area contributed by atoms with Crippen molar-refractivity contribution < 1.29 is 0 Å². The Kier molecular flexibility index (Phi) is 3.08. The number of benzene rings is 1. The molecule has 1 aliphatic rings. The van der Waals surface area contributed by atoms with Gasteiger partial charge in [-0.1, -0.05) is 24.3 Å². The van der Waals surface area contributed by atoms with Crippen LogP contribution in [0.25, 0.3) is 0 Å². The van der Waals surface area contributed by atoms with Crippen molar-refractivity contribution in [3.8, 4) is 0 Å². The molecule has 0 spiro atoms. The third-order valence-electron chi connectivity index (χ3n) is 3.58. The molecule has 2 rings (SSSR count). The minimum absolute atomic E-state index is 0.524. The Morgan fingerprint density at radius 2 is 2.13 bits per heavy atom. The highest BCUT2D eigenvalue weighted by Gasteiger charge is 2.32. The van der Waals surface area contributed by atoms with E-state index in [1.54, 1.807) is 0 Å². The lowest BCUT2D eigenvalue weighted by Gasteiger charge is -2.26. The first-order chi connectivity index (χ1) is 7.24. The average Bonchev–Trinajstić information content (AvgIpc) is 2.60. The summed E-state index contributed by atoms with van der Waals surface area (Å²) < 4.78 is 0. The van der Waals surface area contributed by atoms with E-state index in [-0.39, 0.29) is 0 Å². The van der Waals surface area contributed by atoms with Gasteiger partial charge in [-0.3, -0.25) is 4.90 Å². The average molecular weight is 204 g/mol. The smallest absolute Gasteiger partial charge is 0.0388 e. The molecule has 82 valence electrons. The Balaban J connectivity index is 2.32. The number of nitrogens with two attached hydrogens (primary N) is 1. The van der Waals surface area contributed by atoms with Crippen LogP contribution in [0, 0.1) is 12.8 Å². The minimum Gasteiger partial charge on any atom is -0.330 e. The molecule has 0 aromatic heterocycles. The second kappa shape index (κ2) is 4.33. The van der Waals surface area contributed by atoms with Gasteiger partial charge in [0.15, 0.2) is 0 Å². The summed E-state index contributed by atoms with van der Waals surface area (Å²) in [7, 11) is 2.20. The summed E-state index contributed by atoms with van der Waals surface area (Å²) in [4.78, 5) is 2.43. The van der Waals surface area contributed by atoms with Crippen LogP contribution < -0.4 is 5.73 Å². The fourth-order valence-electron chi connectivity index (χ4n) is 2.68. The Hall–Kier alpha value is -0.860. The second-order valence-electron chi connectivity index (χ2n) is 4.57. The van der Waals surface area contributed by atoms with Gasteiger partial charge in [0, 0.05) is 6.04 Å². The molecule has 0 amide bonds. The van der Waals surface area contributed by atoms with Gasteiger partial charge in [0.05, 0.1) is 0 Å². The summed E-state index contributed by atoms with van der Waals surface area (Å²) in [6.07, 6.45) is 1.23. The fourth-order valence-corrected chi connectivity index (χ4v) is 2.68. The molecule has 1 heterocycles. The predicted octanol–water partition coefficient (Wildman–Crippen LogP) is 1.95. The molecule has 1 aromatic carbocycles. The zero-order valence-electron chi connectivity index (χ0n) is 9.61. The summed E-state index contributed by atoms with van der Waals surface area (Å²) >= 11 is 0. The number of hydrogen-bond donors (Lipinski definition) is 1. The quantitative estimate of drug-likeness (QED) is 0.797. The van der Waals surface area contributed by atoms with E-state index in [9.17, 15) is 0 Å². The number of hydrogen-bond acceptors (Lipinski definition) is 2. The summed E-state index contributed by atoms with van der Waals surface area (Å²) in [5.41, 5.74) is 8.68. The Labute approximate surface area is 92.1 Å². The maximum Gasteiger partial charge on any atom is 0.0388 e. The minimum atomic E-state index is 0.524. The molecule has 1 saturated heterocycles. The molecule has 1 aromatic rings. The number of aryl methyl sites for hydroxylation is 1. The third-order valence-corrected chi connectivity index (χ3v) is 3.58. The van der Waals surface area contributed by atoms with Gasteiger partial charge in [0.1, 0.15) is 0 Å². The van der Waals surface area contributed by atoms with Crippen LogP contribution in [0.4, 0.5) is 0 Å². The van der Waals surface area contributed by atoms with Crippen LogP contribution >= 0.6 is 0 Å². The van der Waals surface area contributed by atoms with E-state index in [2.05, 4.69) is 43.1 Å². The van der Waals surface area contributed by atoms with Crippen molar-refractivity contribution in [1.29, 1.82) is 0 Å². The van der Waals surface area contributed by atoms with Crippen molar-refractivity contribution in [2.45, 2.75) is 19.4 Å². The molecular formula is C13H20N2. The van der Waals surface area contributed by atoms with Crippen molar-refractivity contribution in [2.75, 3.05) is 20.1 Å². The first-order valence-electron chi connectivity index (χ1n) is 5.70. The first-order valence-corrected chi connectivity index (χ1v) is 5.70. The van der Waals surface area contributed by atoms with E-state index in [4.69, 9.17) is 5.73 Å². The van der Waals surface area contributed by atoms with E-state index < -0.39 is 0 Å². The van der Waals surface area contributed by atoms with Crippen LogP contribution in [0.5, 0.6) is 0 Å². The third kappa shape index (κ3) is 1.92. The Bertz CT molecular complexity index is 335. The SMILES string of the molecule is Cc1ccccc1C1C(CN)CCN1C. The van der Waals surface area contributed by atoms with Gasteiger partial charge < -0.3 is 5.73 Å². The zero-order valence-corrected chi connectivity index (χ0v) is 9.61. The summed E-state index contributed by atoms with van der Waals surface area (Å²) in [5.74, 6) is 0.621. The zero-order chi connectivity index (χ0) is 10.8. The van der Waals surface area contributed by atoms with E-state index in [1.165, 1.54) is 24.1 Å². The second-order valence-corrected chi connectivity index (χ2v) is 4.57. The molecule has 2 N–H and O–H groups in total. The van der Waals surface area contributed by atoms with Crippen LogP contribution in [-0.4, -0.2) is 25.0 Å². The topological polar surface area (TPSA) is 29.3 Å². The van der Waals surface area contributed by atoms with Gasteiger partial charge in [-0.15, -0.1) is 0 Å². The number of nitrogens with zero attached hydrogens (tertiary/aromatic N) is 1. The molecule has 0 saturated carbocycles. The maximum absolute atomic E-state index is 5.85. The molecule has 2 unspecified atom stereocenters. The van der Waals surface area contributed by atoms with Crippen LogP contribution in [0.3, 0.4) is 0 Å². The highest BCUT2D eigenvalue weighted by Crippen LogP contribution is 2.36. The fraction of sp³-hybridized carbons (Fsp3) is 0.538. The van der Waals surface area contributed by atoms with E-state index >= 15 is 0 Å². The number of likely N-dealkylation sites (tertiary alicyclic amines) is 1. The van der Waals surface area contributed by atoms with Gasteiger partial charge in [-0.2, -0.15) is 0 Å². The van der Waals surface area contributed by atoms with Gasteiger partial charge in [0.25, 0.3) is 0 Å². The lowest BCUT2D eigenvalue weighted by molar-refractivity contribution is 0.278. The summed E-state index contributed by atoms with van der Waals surface area (Å²) in [6, 6.07) is 9.18. The van der Waals surface area contributed by atoms with E-state index in [0.717, 1.165) is 6.54 Å². The van der Waals surface area contributed by atoms with Gasteiger partial charge >= 0.3 is 0 Å². The lowest BCUT2D eigenvalue weighted by atomic mass is 9.91. The number of rotatable bonds is 2. The van der Waals surface area contributed by atoms with Gasteiger partial charge in [-0.05, 0) is 50.5 Å². The normalized spacial score (nSPS) is 27.1. The molecule has 1 aliphatic heterocycles. The largest absolute Gasteiger partial charge is 0.330 e. The summed E-state index contributed by atoms with van der Waals surface area (Å²) in [5, 5.41) is 0. The van der Waals surface area contributed by atoms with Gasteiger partial charge in [-0.25, -0.2) is 0 Å². The summed E-state index contributed by atoms with van der Waals surface area (Å²) in [6.45, 7) is 4.15. The highest BCUT2D eigenvalue weighted by molar-refractivity contribution is 5.30. The van der Waals surface area contributed by atoms with Crippen molar-refractivity contribution in [3.63, 3.8) is 0 Å². The van der Waals surface area contributed by atoms with Crippen LogP contribution in [0.15, 0.2) is 24.3 Å². The van der Waals surface area contributed by atoms with Crippen molar-refractivity contribution in [3.05, 3.63) is 35.4 Å². The van der Waals surface area contributed by atoms with E-state index in [1.807, 2.05) is 0 Å². The molecule has 0 aliphatic carbocycles. The molecule has 0 bridgehead atoms. The van der Waals surface area contributed by atoms with Crippen molar-refractivity contribution in [2.24, 2.45) is 11.7 Å². The Morgan fingerprint density at radius 1 is 1.40 bits per heavy atom. The Morgan fingerprint density at radius 3 is 2.80 bits per heavy atom. The van der Waals surface area contributed by atoms with Crippen LogP contribution in [0.1, 0.15) is 23.6 Å². The van der Waals surface area contributed by atoms with E-state index in [0.29, 0.717) is 12.0 Å². The highest BCUT2D eigenvalue weighted by atomic mass is 15.2. The molecule has 2 heteroatoms. The monoisotopic (exact) mass is 204 g/mol. The van der Waals surface area contributed by atoms with Crippen LogP contribution in [0.2, 0.25) is 0 Å². The maximum atomic E-state index is 5.85. The first kappa shape index (κ1) is 10.7. The molecular weight excluding hydrogens is 184 g/mol. The van der Waals surface area contributed by atoms with Crippen molar-refractivity contribution >= 4 is 0 Å². The molecule has 15 heavy (non-hydrogen) atoms. The molecule has 2 atom stereocenters. The molecule has 1 fully saturated rings.